The molecule has 0 aliphatic carbocycles. The zero-order valence-electron chi connectivity index (χ0n) is 13.0. The zero-order valence-corrected chi connectivity index (χ0v) is 14.6. The number of carbonyl (C=O) groups excluding carboxylic acids is 1. The van der Waals surface area contributed by atoms with Crippen molar-refractivity contribution in [2.45, 2.75) is 38.8 Å². The molecule has 0 fully saturated rings. The van der Waals surface area contributed by atoms with Crippen LogP contribution in [0.2, 0.25) is 0 Å². The van der Waals surface area contributed by atoms with Gasteiger partial charge in [0.25, 0.3) is 0 Å². The fraction of sp³-hybridized carbons (Fsp3) is 0.467. The van der Waals surface area contributed by atoms with E-state index < -0.39 is 23.7 Å². The molecular formula is C15H20BrNO5. The van der Waals surface area contributed by atoms with Gasteiger partial charge < -0.3 is 19.9 Å². The molecule has 1 amide bonds. The van der Waals surface area contributed by atoms with Crippen molar-refractivity contribution in [2.75, 3.05) is 7.11 Å². The maximum Gasteiger partial charge on any atom is 0.408 e. The van der Waals surface area contributed by atoms with Crippen LogP contribution in [0, 0.1) is 0 Å². The number of alkyl carbamates (subject to hydrolysis) is 1. The number of rotatable bonds is 5. The molecule has 1 atom stereocenters. The number of hydrogen-bond donors (Lipinski definition) is 2. The van der Waals surface area contributed by atoms with E-state index in [-0.39, 0.29) is 6.42 Å². The summed E-state index contributed by atoms with van der Waals surface area (Å²) in [6.07, 6.45) is -0.913. The minimum absolute atomic E-state index is 0.252. The molecule has 22 heavy (non-hydrogen) atoms. The molecule has 0 heterocycles. The van der Waals surface area contributed by atoms with Gasteiger partial charge in [-0.25, -0.2) is 4.79 Å². The van der Waals surface area contributed by atoms with Crippen LogP contribution in [0.15, 0.2) is 22.7 Å². The van der Waals surface area contributed by atoms with Crippen molar-refractivity contribution in [1.29, 1.82) is 0 Å². The van der Waals surface area contributed by atoms with Crippen LogP contribution < -0.4 is 10.1 Å². The van der Waals surface area contributed by atoms with Crippen LogP contribution in [0.1, 0.15) is 38.8 Å². The molecule has 0 aliphatic heterocycles. The Labute approximate surface area is 137 Å². The van der Waals surface area contributed by atoms with Crippen molar-refractivity contribution >= 4 is 28.0 Å². The zero-order chi connectivity index (χ0) is 16.9. The first-order valence-corrected chi connectivity index (χ1v) is 7.46. The number of aliphatic carboxylic acids is 1. The fourth-order valence-electron chi connectivity index (χ4n) is 1.78. The Morgan fingerprint density at radius 1 is 1.36 bits per heavy atom. The highest BCUT2D eigenvalue weighted by molar-refractivity contribution is 9.10. The molecule has 6 nitrogen and oxygen atoms in total. The molecule has 1 rings (SSSR count). The van der Waals surface area contributed by atoms with E-state index in [4.69, 9.17) is 14.6 Å². The Kier molecular flexibility index (Phi) is 6.22. The largest absolute Gasteiger partial charge is 0.496 e. The van der Waals surface area contributed by atoms with Crippen LogP contribution in [0.25, 0.3) is 0 Å². The number of ether oxygens (including phenoxy) is 2. The fourth-order valence-corrected chi connectivity index (χ4v) is 2.33. The minimum Gasteiger partial charge on any atom is -0.496 e. The molecule has 1 aromatic carbocycles. The molecule has 1 aromatic rings. The Hall–Kier alpha value is -1.76. The summed E-state index contributed by atoms with van der Waals surface area (Å²) in [6, 6.07) is 4.42. The third-order valence-corrected chi connectivity index (χ3v) is 3.27. The van der Waals surface area contributed by atoms with Gasteiger partial charge in [-0.15, -0.1) is 0 Å². The van der Waals surface area contributed by atoms with Crippen LogP contribution in [0.5, 0.6) is 5.75 Å². The lowest BCUT2D eigenvalue weighted by molar-refractivity contribution is -0.137. The average molecular weight is 374 g/mol. The Balaban J connectivity index is 2.95. The number of methoxy groups -OCH3 is 1. The van der Waals surface area contributed by atoms with Gasteiger partial charge in [-0.1, -0.05) is 6.07 Å². The SMILES string of the molecule is COc1ccc(C(CC(=O)O)NC(=O)OC(C)(C)C)cc1Br. The number of carboxylic acid groups (broad SMARTS) is 1. The third kappa shape index (κ3) is 5.93. The second-order valence-corrected chi connectivity index (χ2v) is 6.54. The predicted octanol–water partition coefficient (Wildman–Crippen LogP) is 3.50. The van der Waals surface area contributed by atoms with Crippen LogP contribution in [-0.2, 0) is 9.53 Å². The lowest BCUT2D eigenvalue weighted by atomic mass is 10.0. The summed E-state index contributed by atoms with van der Waals surface area (Å²) in [4.78, 5) is 22.9. The second kappa shape index (κ2) is 7.49. The summed E-state index contributed by atoms with van der Waals surface area (Å²) in [5.74, 6) is -0.400. The van der Waals surface area contributed by atoms with Crippen molar-refractivity contribution in [3.8, 4) is 5.75 Å². The summed E-state index contributed by atoms with van der Waals surface area (Å²) < 4.78 is 11.0. The summed E-state index contributed by atoms with van der Waals surface area (Å²) >= 11 is 3.34. The second-order valence-electron chi connectivity index (χ2n) is 5.69. The van der Waals surface area contributed by atoms with E-state index in [1.54, 1.807) is 39.0 Å². The maximum absolute atomic E-state index is 11.9. The summed E-state index contributed by atoms with van der Waals surface area (Å²) in [7, 11) is 1.54. The third-order valence-electron chi connectivity index (χ3n) is 2.65. The molecule has 0 saturated heterocycles. The molecule has 1 unspecified atom stereocenters. The monoisotopic (exact) mass is 373 g/mol. The van der Waals surface area contributed by atoms with Gasteiger partial charge in [0, 0.05) is 0 Å². The molecule has 2 N–H and O–H groups in total. The van der Waals surface area contributed by atoms with Gasteiger partial charge in [0.05, 0.1) is 24.0 Å². The van der Waals surface area contributed by atoms with Gasteiger partial charge in [-0.3, -0.25) is 4.79 Å². The molecule has 0 spiro atoms. The molecular weight excluding hydrogens is 354 g/mol. The quantitative estimate of drug-likeness (QED) is 0.824. The smallest absolute Gasteiger partial charge is 0.408 e. The number of carboxylic acids is 1. The highest BCUT2D eigenvalue weighted by atomic mass is 79.9. The molecule has 0 bridgehead atoms. The van der Waals surface area contributed by atoms with Gasteiger partial charge in [0.1, 0.15) is 11.4 Å². The molecule has 7 heteroatoms. The Bertz CT molecular complexity index is 553. The molecule has 122 valence electrons. The summed E-state index contributed by atoms with van der Waals surface area (Å²) in [6.45, 7) is 5.22. The highest BCUT2D eigenvalue weighted by Gasteiger charge is 2.23. The Morgan fingerprint density at radius 2 is 2.00 bits per heavy atom. The number of halogens is 1. The first-order chi connectivity index (χ1) is 10.1. The van der Waals surface area contributed by atoms with Gasteiger partial charge >= 0.3 is 12.1 Å². The molecule has 0 aromatic heterocycles. The molecule has 0 radical (unpaired) electrons. The number of amides is 1. The average Bonchev–Trinajstić information content (AvgIpc) is 2.35. The Morgan fingerprint density at radius 3 is 2.45 bits per heavy atom. The van der Waals surface area contributed by atoms with Gasteiger partial charge in [0.15, 0.2) is 0 Å². The minimum atomic E-state index is -1.02. The van der Waals surface area contributed by atoms with E-state index in [1.165, 1.54) is 7.11 Å². The normalized spacial score (nSPS) is 12.4. The summed E-state index contributed by atoms with van der Waals surface area (Å²) in [5, 5.41) is 11.6. The van der Waals surface area contributed by atoms with Crippen LogP contribution in [0.4, 0.5) is 4.79 Å². The van der Waals surface area contributed by atoms with E-state index in [1.807, 2.05) is 0 Å². The van der Waals surface area contributed by atoms with Gasteiger partial charge in [-0.2, -0.15) is 0 Å². The maximum atomic E-state index is 11.9. The number of benzene rings is 1. The van der Waals surface area contributed by atoms with Gasteiger partial charge in [0.2, 0.25) is 0 Å². The van der Waals surface area contributed by atoms with Crippen LogP contribution in [0.3, 0.4) is 0 Å². The van der Waals surface area contributed by atoms with Crippen LogP contribution in [-0.4, -0.2) is 29.9 Å². The molecule has 0 aliphatic rings. The number of carbonyl (C=O) groups is 2. The standard InChI is InChI=1S/C15H20BrNO5/c1-15(2,3)22-14(20)17-11(8-13(18)19)9-5-6-12(21-4)10(16)7-9/h5-7,11H,8H2,1-4H3,(H,17,20)(H,18,19). The first-order valence-electron chi connectivity index (χ1n) is 6.67. The van der Waals surface area contributed by atoms with Crippen molar-refractivity contribution in [3.63, 3.8) is 0 Å². The van der Waals surface area contributed by atoms with Crippen molar-refractivity contribution in [3.05, 3.63) is 28.2 Å². The number of hydrogen-bond acceptors (Lipinski definition) is 4. The van der Waals surface area contributed by atoms with E-state index in [0.717, 1.165) is 0 Å². The predicted molar refractivity (Wildman–Crippen MR) is 85.1 cm³/mol. The van der Waals surface area contributed by atoms with E-state index >= 15 is 0 Å². The lowest BCUT2D eigenvalue weighted by Gasteiger charge is -2.23. The highest BCUT2D eigenvalue weighted by Crippen LogP contribution is 2.29. The van der Waals surface area contributed by atoms with E-state index in [0.29, 0.717) is 15.8 Å². The van der Waals surface area contributed by atoms with Crippen molar-refractivity contribution < 1.29 is 24.2 Å². The van der Waals surface area contributed by atoms with Gasteiger partial charge in [-0.05, 0) is 54.4 Å². The van der Waals surface area contributed by atoms with Crippen LogP contribution >= 0.6 is 15.9 Å². The van der Waals surface area contributed by atoms with Crippen molar-refractivity contribution in [1.82, 2.24) is 5.32 Å². The summed E-state index contributed by atoms with van der Waals surface area (Å²) in [5.41, 5.74) is -0.0147. The topological polar surface area (TPSA) is 84.9 Å². The number of nitrogens with one attached hydrogen (secondary N) is 1. The van der Waals surface area contributed by atoms with E-state index in [9.17, 15) is 9.59 Å². The lowest BCUT2D eigenvalue weighted by Crippen LogP contribution is -2.35. The van der Waals surface area contributed by atoms with Crippen molar-refractivity contribution in [2.24, 2.45) is 0 Å². The van der Waals surface area contributed by atoms with E-state index in [2.05, 4.69) is 21.2 Å². The molecule has 0 saturated carbocycles. The first kappa shape index (κ1) is 18.3.